The molecule has 1 unspecified atom stereocenters. The van der Waals surface area contributed by atoms with E-state index >= 15 is 0 Å². The van der Waals surface area contributed by atoms with Crippen LogP contribution < -0.4 is 0 Å². The fraction of sp³-hybridized carbons (Fsp3) is 0.0833. The second kappa shape index (κ2) is 3.20. The molecule has 0 bridgehead atoms. The van der Waals surface area contributed by atoms with E-state index in [-0.39, 0.29) is 0 Å². The number of hydrogen-bond donors (Lipinski definition) is 1. The van der Waals surface area contributed by atoms with Gasteiger partial charge in [0.15, 0.2) is 0 Å². The van der Waals surface area contributed by atoms with E-state index in [2.05, 4.69) is 0 Å². The Morgan fingerprint density at radius 3 is 2.88 bits per heavy atom. The molecule has 0 saturated heterocycles. The zero-order valence-electron chi connectivity index (χ0n) is 8.11. The third-order valence-corrected chi connectivity index (χ3v) is 3.05. The number of halogens is 1. The summed E-state index contributed by atoms with van der Waals surface area (Å²) in [5.74, 6) is -0.520. The molecule has 3 rings (SSSR count). The van der Waals surface area contributed by atoms with E-state index in [9.17, 15) is 9.90 Å². The Labute approximate surface area is 96.2 Å². The molecule has 0 radical (unpaired) electrons. The molecule has 1 atom stereocenters. The third-order valence-electron chi connectivity index (χ3n) is 2.72. The Balaban J connectivity index is 2.52. The van der Waals surface area contributed by atoms with Crippen molar-refractivity contribution in [1.82, 2.24) is 0 Å². The van der Waals surface area contributed by atoms with Crippen molar-refractivity contribution in [3.05, 3.63) is 46.5 Å². The zero-order valence-corrected chi connectivity index (χ0v) is 8.86. The lowest BCUT2D eigenvalue weighted by molar-refractivity contribution is -0.0686. The number of benzene rings is 2. The molecular formula is C12H7ClO3. The average molecular weight is 235 g/mol. The quantitative estimate of drug-likeness (QED) is 0.713. The maximum Gasteiger partial charge on any atom is 0.341 e. The van der Waals surface area contributed by atoms with Crippen LogP contribution in [-0.2, 0) is 4.74 Å². The molecular weight excluding hydrogens is 228 g/mol. The fourth-order valence-electron chi connectivity index (χ4n) is 2.00. The van der Waals surface area contributed by atoms with Crippen LogP contribution in [0.3, 0.4) is 0 Å². The number of carbonyl (C=O) groups excluding carboxylic acids is 1. The van der Waals surface area contributed by atoms with Crippen molar-refractivity contribution in [3.8, 4) is 0 Å². The monoisotopic (exact) mass is 234 g/mol. The number of rotatable bonds is 0. The third kappa shape index (κ3) is 1.16. The number of esters is 1. The molecule has 0 saturated carbocycles. The van der Waals surface area contributed by atoms with Crippen molar-refractivity contribution in [1.29, 1.82) is 0 Å². The van der Waals surface area contributed by atoms with Crippen molar-refractivity contribution < 1.29 is 14.6 Å². The maximum absolute atomic E-state index is 11.6. The molecule has 1 N–H and O–H groups in total. The summed E-state index contributed by atoms with van der Waals surface area (Å²) in [5, 5.41) is 11.6. The normalized spacial score (nSPS) is 18.6. The van der Waals surface area contributed by atoms with E-state index in [1.54, 1.807) is 24.3 Å². The molecule has 16 heavy (non-hydrogen) atoms. The minimum Gasteiger partial charge on any atom is -0.428 e. The van der Waals surface area contributed by atoms with E-state index < -0.39 is 12.3 Å². The minimum atomic E-state index is -1.21. The molecule has 0 aromatic heterocycles. The van der Waals surface area contributed by atoms with Crippen LogP contribution in [0.15, 0.2) is 30.3 Å². The predicted molar refractivity (Wildman–Crippen MR) is 59.3 cm³/mol. The lowest BCUT2D eigenvalue weighted by atomic mass is 9.97. The number of ether oxygens (including phenoxy) is 1. The molecule has 2 aromatic rings. The molecule has 4 heteroatoms. The van der Waals surface area contributed by atoms with Crippen LogP contribution in [0.1, 0.15) is 22.2 Å². The number of hydrogen-bond acceptors (Lipinski definition) is 3. The van der Waals surface area contributed by atoms with Crippen LogP contribution in [-0.4, -0.2) is 11.1 Å². The number of aliphatic hydroxyl groups excluding tert-OH is 1. The van der Waals surface area contributed by atoms with E-state index in [1.807, 2.05) is 6.07 Å². The number of cyclic esters (lactones) is 1. The standard InChI is InChI=1S/C12H7ClO3/c13-9-5-4-8-10-6(9)2-1-3-7(10)11(14)16-12(8)15/h1-5,12,15H. The van der Waals surface area contributed by atoms with E-state index in [0.717, 1.165) is 5.39 Å². The van der Waals surface area contributed by atoms with E-state index in [4.69, 9.17) is 16.3 Å². The smallest absolute Gasteiger partial charge is 0.341 e. The molecule has 1 aliphatic heterocycles. The Kier molecular flexibility index (Phi) is 1.93. The van der Waals surface area contributed by atoms with Crippen molar-refractivity contribution in [3.63, 3.8) is 0 Å². The first kappa shape index (κ1) is 9.63. The molecule has 0 aliphatic carbocycles. The summed E-state index contributed by atoms with van der Waals surface area (Å²) in [6.45, 7) is 0. The van der Waals surface area contributed by atoms with Gasteiger partial charge in [-0.2, -0.15) is 0 Å². The van der Waals surface area contributed by atoms with Crippen molar-refractivity contribution in [2.45, 2.75) is 6.29 Å². The van der Waals surface area contributed by atoms with Gasteiger partial charge in [-0.1, -0.05) is 29.8 Å². The van der Waals surface area contributed by atoms with Gasteiger partial charge in [0.25, 0.3) is 0 Å². The second-order valence-corrected chi connectivity index (χ2v) is 4.03. The molecule has 2 aromatic carbocycles. The van der Waals surface area contributed by atoms with Gasteiger partial charge in [-0.15, -0.1) is 0 Å². The molecule has 1 heterocycles. The van der Waals surface area contributed by atoms with Crippen LogP contribution in [0.25, 0.3) is 10.8 Å². The maximum atomic E-state index is 11.6. The van der Waals surface area contributed by atoms with Gasteiger partial charge in [0.1, 0.15) is 0 Å². The SMILES string of the molecule is O=C1OC(O)c2ccc(Cl)c3cccc1c23. The van der Waals surface area contributed by atoms with Crippen LogP contribution >= 0.6 is 11.6 Å². The minimum absolute atomic E-state index is 0.445. The summed E-state index contributed by atoms with van der Waals surface area (Å²) < 4.78 is 4.82. The first-order valence-corrected chi connectivity index (χ1v) is 5.16. The highest BCUT2D eigenvalue weighted by atomic mass is 35.5. The Morgan fingerprint density at radius 2 is 2.06 bits per heavy atom. The van der Waals surface area contributed by atoms with Gasteiger partial charge in [-0.05, 0) is 12.1 Å². The van der Waals surface area contributed by atoms with Crippen LogP contribution in [0, 0.1) is 0 Å². The first-order chi connectivity index (χ1) is 7.68. The summed E-state index contributed by atoms with van der Waals surface area (Å²) in [6.07, 6.45) is -1.21. The topological polar surface area (TPSA) is 46.5 Å². The molecule has 0 fully saturated rings. The highest BCUT2D eigenvalue weighted by Gasteiger charge is 2.27. The fourth-order valence-corrected chi connectivity index (χ4v) is 2.22. The van der Waals surface area contributed by atoms with Gasteiger partial charge in [0.05, 0.1) is 5.56 Å². The van der Waals surface area contributed by atoms with Crippen molar-refractivity contribution in [2.24, 2.45) is 0 Å². The Morgan fingerprint density at radius 1 is 1.25 bits per heavy atom. The van der Waals surface area contributed by atoms with Gasteiger partial charge in [0.2, 0.25) is 6.29 Å². The lowest BCUT2D eigenvalue weighted by Gasteiger charge is -2.21. The summed E-state index contributed by atoms with van der Waals surface area (Å²) in [4.78, 5) is 11.6. The summed E-state index contributed by atoms with van der Waals surface area (Å²) >= 11 is 6.04. The number of aliphatic hydroxyl groups is 1. The van der Waals surface area contributed by atoms with Crippen molar-refractivity contribution >= 4 is 28.3 Å². The zero-order chi connectivity index (χ0) is 11.3. The highest BCUT2D eigenvalue weighted by molar-refractivity contribution is 6.36. The van der Waals surface area contributed by atoms with Gasteiger partial charge in [-0.25, -0.2) is 4.79 Å². The molecule has 3 nitrogen and oxygen atoms in total. The van der Waals surface area contributed by atoms with Gasteiger partial charge in [0, 0.05) is 21.4 Å². The van der Waals surface area contributed by atoms with Gasteiger partial charge >= 0.3 is 5.97 Å². The summed E-state index contributed by atoms with van der Waals surface area (Å²) in [6, 6.07) is 8.58. The van der Waals surface area contributed by atoms with Crippen LogP contribution in [0.2, 0.25) is 5.02 Å². The molecule has 0 spiro atoms. The molecule has 80 valence electrons. The largest absolute Gasteiger partial charge is 0.428 e. The highest BCUT2D eigenvalue weighted by Crippen LogP contribution is 2.36. The first-order valence-electron chi connectivity index (χ1n) is 4.78. The van der Waals surface area contributed by atoms with E-state index in [1.165, 1.54) is 0 Å². The van der Waals surface area contributed by atoms with E-state index in [0.29, 0.717) is 21.5 Å². The predicted octanol–water partition coefficient (Wildman–Crippen LogP) is 2.65. The summed E-state index contributed by atoms with van der Waals surface area (Å²) in [7, 11) is 0. The Bertz CT molecular complexity index is 606. The number of carbonyl (C=O) groups is 1. The van der Waals surface area contributed by atoms with Crippen LogP contribution in [0.4, 0.5) is 0 Å². The second-order valence-electron chi connectivity index (χ2n) is 3.62. The van der Waals surface area contributed by atoms with Crippen LogP contribution in [0.5, 0.6) is 0 Å². The lowest BCUT2D eigenvalue weighted by Crippen LogP contribution is -2.17. The average Bonchev–Trinajstić information content (AvgIpc) is 2.27. The van der Waals surface area contributed by atoms with Crippen molar-refractivity contribution in [2.75, 3.05) is 0 Å². The molecule has 0 amide bonds. The summed E-state index contributed by atoms with van der Waals surface area (Å²) in [5.41, 5.74) is 1.02. The van der Waals surface area contributed by atoms with Gasteiger partial charge in [-0.3, -0.25) is 0 Å². The van der Waals surface area contributed by atoms with Gasteiger partial charge < -0.3 is 9.84 Å². The molecule has 1 aliphatic rings. The Hall–Kier alpha value is -1.58.